The van der Waals surface area contributed by atoms with Crippen LogP contribution < -0.4 is 16.6 Å². The molecule has 10 heteroatoms. The van der Waals surface area contributed by atoms with Crippen LogP contribution in [0.5, 0.6) is 0 Å². The van der Waals surface area contributed by atoms with E-state index in [1.807, 2.05) is 0 Å². The van der Waals surface area contributed by atoms with E-state index in [4.69, 9.17) is 5.84 Å². The Morgan fingerprint density at radius 2 is 2.15 bits per heavy atom. The summed E-state index contributed by atoms with van der Waals surface area (Å²) in [6.07, 6.45) is 1.11. The zero-order valence-corrected chi connectivity index (χ0v) is 11.3. The number of hydrogen-bond donors (Lipinski definition) is 3. The highest BCUT2D eigenvalue weighted by Gasteiger charge is 2.39. The summed E-state index contributed by atoms with van der Waals surface area (Å²) in [6.45, 7) is 0.995. The highest BCUT2D eigenvalue weighted by molar-refractivity contribution is 7.89. The number of hydrogen-bond acceptors (Lipinski definition) is 7. The number of rotatable bonds is 3. The van der Waals surface area contributed by atoms with E-state index in [0.717, 1.165) is 10.5 Å². The molecule has 1 aliphatic heterocycles. The highest BCUT2D eigenvalue weighted by atomic mass is 32.2. The molecule has 1 fully saturated rings. The number of carbonyl (C=O) groups excluding carboxylic acids is 2. The Hall–Kier alpha value is -2.04. The number of piperazine rings is 1. The lowest BCUT2D eigenvalue weighted by Crippen LogP contribution is -2.58. The fourth-order valence-electron chi connectivity index (χ4n) is 1.74. The van der Waals surface area contributed by atoms with Crippen molar-refractivity contribution >= 4 is 27.7 Å². The number of nitrogen functional groups attached to an aromatic ring is 1. The van der Waals surface area contributed by atoms with Crippen LogP contribution in [0.1, 0.15) is 6.92 Å². The maximum absolute atomic E-state index is 12.4. The Labute approximate surface area is 115 Å². The summed E-state index contributed by atoms with van der Waals surface area (Å²) in [7, 11) is -3.98. The van der Waals surface area contributed by atoms with E-state index < -0.39 is 34.4 Å². The molecule has 1 unspecified atom stereocenters. The number of amides is 2. The first-order valence-corrected chi connectivity index (χ1v) is 7.08. The van der Waals surface area contributed by atoms with E-state index in [-0.39, 0.29) is 4.90 Å². The Morgan fingerprint density at radius 3 is 2.70 bits per heavy atom. The summed E-state index contributed by atoms with van der Waals surface area (Å²) in [5.74, 6) is 4.12. The second-order valence-corrected chi connectivity index (χ2v) is 6.05. The number of pyridine rings is 1. The fourth-order valence-corrected chi connectivity index (χ4v) is 3.23. The van der Waals surface area contributed by atoms with Gasteiger partial charge in [0.1, 0.15) is 16.8 Å². The standard InChI is InChI=1S/C10H13N5O4S/c1-6-10(17)13-9(16)5-15(6)20(18,19)7-2-3-8(14-11)12-4-7/h2-4,6H,5,11H2,1H3,(H,12,14)(H,13,16,17). The first-order valence-electron chi connectivity index (χ1n) is 5.64. The second kappa shape index (κ2) is 5.15. The Morgan fingerprint density at radius 1 is 1.45 bits per heavy atom. The number of sulfonamides is 1. The number of hydrazine groups is 1. The number of carbonyl (C=O) groups is 2. The quantitative estimate of drug-likeness (QED) is 0.347. The van der Waals surface area contributed by atoms with Gasteiger partial charge in [0.25, 0.3) is 0 Å². The first-order chi connectivity index (χ1) is 9.36. The minimum Gasteiger partial charge on any atom is -0.308 e. The largest absolute Gasteiger partial charge is 0.308 e. The predicted molar refractivity (Wildman–Crippen MR) is 68.6 cm³/mol. The van der Waals surface area contributed by atoms with Gasteiger partial charge in [0.2, 0.25) is 21.8 Å². The second-order valence-electron chi connectivity index (χ2n) is 4.16. The molecule has 1 atom stereocenters. The molecule has 2 rings (SSSR count). The molecule has 9 nitrogen and oxygen atoms in total. The molecule has 1 aromatic rings. The van der Waals surface area contributed by atoms with E-state index >= 15 is 0 Å². The zero-order valence-electron chi connectivity index (χ0n) is 10.5. The van der Waals surface area contributed by atoms with Crippen LogP contribution in [0.4, 0.5) is 5.82 Å². The zero-order chi connectivity index (χ0) is 14.9. The molecule has 1 aliphatic rings. The van der Waals surface area contributed by atoms with Crippen LogP contribution in [-0.2, 0) is 19.6 Å². The molecular weight excluding hydrogens is 286 g/mol. The molecule has 0 aliphatic carbocycles. The maximum Gasteiger partial charge on any atom is 0.245 e. The summed E-state index contributed by atoms with van der Waals surface area (Å²) in [6, 6.07) is 1.70. The molecule has 0 aromatic carbocycles. The van der Waals surface area contributed by atoms with Gasteiger partial charge >= 0.3 is 0 Å². The van der Waals surface area contributed by atoms with E-state index in [0.29, 0.717) is 5.82 Å². The summed E-state index contributed by atoms with van der Waals surface area (Å²) in [5.41, 5.74) is 2.27. The summed E-state index contributed by atoms with van der Waals surface area (Å²) < 4.78 is 25.6. The van der Waals surface area contributed by atoms with Crippen molar-refractivity contribution in [1.29, 1.82) is 0 Å². The molecule has 1 saturated heterocycles. The minimum atomic E-state index is -3.98. The van der Waals surface area contributed by atoms with E-state index in [1.54, 1.807) is 0 Å². The molecule has 4 N–H and O–H groups in total. The molecule has 2 heterocycles. The van der Waals surface area contributed by atoms with Crippen LogP contribution in [-0.4, -0.2) is 42.1 Å². The number of imide groups is 1. The SMILES string of the molecule is CC1C(=O)NC(=O)CN1S(=O)(=O)c1ccc(NN)nc1. The van der Waals surface area contributed by atoms with Gasteiger partial charge in [-0.3, -0.25) is 14.9 Å². The Kier molecular flexibility index (Phi) is 3.70. The molecule has 2 amide bonds. The van der Waals surface area contributed by atoms with Crippen molar-refractivity contribution in [2.45, 2.75) is 17.9 Å². The third kappa shape index (κ3) is 2.48. The van der Waals surface area contributed by atoms with Gasteiger partial charge in [-0.1, -0.05) is 0 Å². The number of aromatic nitrogens is 1. The van der Waals surface area contributed by atoms with E-state index in [9.17, 15) is 18.0 Å². The van der Waals surface area contributed by atoms with Crippen LogP contribution in [0.3, 0.4) is 0 Å². The number of anilines is 1. The van der Waals surface area contributed by atoms with Crippen molar-refractivity contribution in [2.75, 3.05) is 12.0 Å². The average Bonchev–Trinajstić information content (AvgIpc) is 2.42. The van der Waals surface area contributed by atoms with Crippen LogP contribution in [0.25, 0.3) is 0 Å². The number of nitrogens with one attached hydrogen (secondary N) is 2. The lowest BCUT2D eigenvalue weighted by molar-refractivity contribution is -0.136. The molecule has 0 spiro atoms. The monoisotopic (exact) mass is 299 g/mol. The van der Waals surface area contributed by atoms with Gasteiger partial charge in [0.15, 0.2) is 0 Å². The first kappa shape index (κ1) is 14.4. The topological polar surface area (TPSA) is 134 Å². The van der Waals surface area contributed by atoms with Gasteiger partial charge in [-0.2, -0.15) is 4.31 Å². The third-order valence-corrected chi connectivity index (χ3v) is 4.76. The van der Waals surface area contributed by atoms with Crippen LogP contribution in [0.15, 0.2) is 23.2 Å². The van der Waals surface area contributed by atoms with Gasteiger partial charge in [-0.05, 0) is 19.1 Å². The smallest absolute Gasteiger partial charge is 0.245 e. The predicted octanol–water partition coefficient (Wildman–Crippen LogP) is -1.60. The van der Waals surface area contributed by atoms with Crippen molar-refractivity contribution in [2.24, 2.45) is 5.84 Å². The molecule has 0 radical (unpaired) electrons. The lowest BCUT2D eigenvalue weighted by Gasteiger charge is -2.30. The molecule has 0 bridgehead atoms. The van der Waals surface area contributed by atoms with Crippen LogP contribution in [0, 0.1) is 0 Å². The maximum atomic E-state index is 12.4. The molecular formula is C10H13N5O4S. The average molecular weight is 299 g/mol. The minimum absolute atomic E-state index is 0.120. The van der Waals surface area contributed by atoms with Crippen LogP contribution >= 0.6 is 0 Å². The summed E-state index contributed by atoms with van der Waals surface area (Å²) in [4.78, 5) is 26.5. The van der Waals surface area contributed by atoms with Gasteiger partial charge in [-0.15, -0.1) is 0 Å². The van der Waals surface area contributed by atoms with Crippen molar-refractivity contribution in [3.05, 3.63) is 18.3 Å². The molecule has 0 saturated carbocycles. The van der Waals surface area contributed by atoms with Gasteiger partial charge in [0.05, 0.1) is 6.54 Å². The normalized spacial score (nSPS) is 20.6. The van der Waals surface area contributed by atoms with Gasteiger partial charge < -0.3 is 5.43 Å². The highest BCUT2D eigenvalue weighted by Crippen LogP contribution is 2.20. The van der Waals surface area contributed by atoms with Crippen molar-refractivity contribution in [3.63, 3.8) is 0 Å². The van der Waals surface area contributed by atoms with Gasteiger partial charge in [0, 0.05) is 6.20 Å². The number of nitrogens with zero attached hydrogens (tertiary/aromatic N) is 2. The van der Waals surface area contributed by atoms with E-state index in [1.165, 1.54) is 19.1 Å². The fraction of sp³-hybridized carbons (Fsp3) is 0.300. The lowest BCUT2D eigenvalue weighted by atomic mass is 10.2. The van der Waals surface area contributed by atoms with E-state index in [2.05, 4.69) is 15.7 Å². The van der Waals surface area contributed by atoms with Crippen molar-refractivity contribution in [1.82, 2.24) is 14.6 Å². The van der Waals surface area contributed by atoms with Crippen molar-refractivity contribution in [3.8, 4) is 0 Å². The Balaban J connectivity index is 2.37. The summed E-state index contributed by atoms with van der Waals surface area (Å²) in [5, 5.41) is 2.07. The third-order valence-electron chi connectivity index (χ3n) is 2.86. The van der Waals surface area contributed by atoms with Crippen molar-refractivity contribution < 1.29 is 18.0 Å². The summed E-state index contributed by atoms with van der Waals surface area (Å²) >= 11 is 0. The number of nitrogens with two attached hydrogens (primary N) is 1. The molecule has 1 aromatic heterocycles. The van der Waals surface area contributed by atoms with Crippen LogP contribution in [0.2, 0.25) is 0 Å². The molecule has 108 valence electrons. The molecule has 20 heavy (non-hydrogen) atoms. The van der Waals surface area contributed by atoms with Gasteiger partial charge in [-0.25, -0.2) is 19.2 Å². The Bertz CT molecular complexity index is 642.